The summed E-state index contributed by atoms with van der Waals surface area (Å²) >= 11 is 0.991. The van der Waals surface area contributed by atoms with Gasteiger partial charge in [0.1, 0.15) is 18.2 Å². The largest absolute Gasteiger partial charge is 0.489 e. The molecule has 0 bridgehead atoms. The number of esters is 1. The van der Waals surface area contributed by atoms with Gasteiger partial charge in [-0.2, -0.15) is 5.10 Å². The predicted molar refractivity (Wildman–Crippen MR) is 108 cm³/mol. The van der Waals surface area contributed by atoms with Crippen molar-refractivity contribution in [3.8, 4) is 5.75 Å². The summed E-state index contributed by atoms with van der Waals surface area (Å²) < 4.78 is 23.6. The summed E-state index contributed by atoms with van der Waals surface area (Å²) in [7, 11) is 1.23. The molecule has 2 aromatic rings. The molecule has 1 aliphatic rings. The SMILES string of the molecule is COC(=O)/C=C1/S/C(=N\N=Cc2ccc(OCc3ccccc3F)cc2)NC1=O. The minimum Gasteiger partial charge on any atom is -0.489 e. The Morgan fingerprint density at radius 1 is 1.21 bits per heavy atom. The van der Waals surface area contributed by atoms with Crippen molar-refractivity contribution in [1.29, 1.82) is 0 Å². The first kappa shape index (κ1) is 20.3. The molecule has 1 N–H and O–H groups in total. The molecule has 0 unspecified atom stereocenters. The highest BCUT2D eigenvalue weighted by molar-refractivity contribution is 8.18. The summed E-state index contributed by atoms with van der Waals surface area (Å²) in [6.45, 7) is 0.131. The fourth-order valence-electron chi connectivity index (χ4n) is 2.22. The number of carbonyl (C=O) groups excluding carboxylic acids is 2. The highest BCUT2D eigenvalue weighted by Crippen LogP contribution is 2.23. The lowest BCUT2D eigenvalue weighted by Crippen LogP contribution is -2.19. The van der Waals surface area contributed by atoms with Crippen LogP contribution in [0.4, 0.5) is 4.39 Å². The zero-order valence-corrected chi connectivity index (χ0v) is 16.1. The topological polar surface area (TPSA) is 89.3 Å². The number of nitrogens with one attached hydrogen (secondary N) is 1. The number of thioether (sulfide) groups is 1. The molecule has 1 aliphatic heterocycles. The van der Waals surface area contributed by atoms with E-state index in [2.05, 4.69) is 20.3 Å². The van der Waals surface area contributed by atoms with E-state index >= 15 is 0 Å². The average Bonchev–Trinajstić information content (AvgIpc) is 3.07. The predicted octanol–water partition coefficient (Wildman–Crippen LogP) is 3.01. The number of amidine groups is 1. The summed E-state index contributed by atoms with van der Waals surface area (Å²) in [5.41, 5.74) is 1.23. The number of carbonyl (C=O) groups is 2. The Hall–Kier alpha value is -3.46. The molecule has 148 valence electrons. The monoisotopic (exact) mass is 413 g/mol. The van der Waals surface area contributed by atoms with Crippen LogP contribution in [0, 0.1) is 5.82 Å². The average molecular weight is 413 g/mol. The van der Waals surface area contributed by atoms with Crippen molar-refractivity contribution in [1.82, 2.24) is 5.32 Å². The fraction of sp³-hybridized carbons (Fsp3) is 0.100. The standard InChI is InChI=1S/C20H16FN3O4S/c1-27-18(25)10-17-19(26)23-20(29-17)24-22-11-13-6-8-15(9-7-13)28-12-14-4-2-3-5-16(14)21/h2-11H,12H2,1H3,(H,23,24,26)/b17-10+,22-11?. The quantitative estimate of drug-likeness (QED) is 0.340. The molecule has 0 radical (unpaired) electrons. The molecule has 1 fully saturated rings. The van der Waals surface area contributed by atoms with Gasteiger partial charge >= 0.3 is 5.97 Å². The molecule has 0 atom stereocenters. The molecule has 9 heteroatoms. The third-order valence-corrected chi connectivity index (χ3v) is 4.59. The van der Waals surface area contributed by atoms with Gasteiger partial charge in [0.15, 0.2) is 5.17 Å². The number of halogens is 1. The maximum absolute atomic E-state index is 13.6. The Kier molecular flexibility index (Phi) is 6.75. The third kappa shape index (κ3) is 5.76. The van der Waals surface area contributed by atoms with Gasteiger partial charge in [-0.25, -0.2) is 9.18 Å². The lowest BCUT2D eigenvalue weighted by atomic mass is 10.2. The first-order valence-corrected chi connectivity index (χ1v) is 9.23. The Labute approximate surface area is 170 Å². The van der Waals surface area contributed by atoms with Gasteiger partial charge in [-0.05, 0) is 47.7 Å². The second-order valence-corrected chi connectivity index (χ2v) is 6.72. The zero-order chi connectivity index (χ0) is 20.6. The molecule has 1 saturated heterocycles. The van der Waals surface area contributed by atoms with E-state index in [0.717, 1.165) is 23.4 Å². The van der Waals surface area contributed by atoms with Gasteiger partial charge in [-0.3, -0.25) is 10.1 Å². The number of hydrogen-bond donors (Lipinski definition) is 1. The molecule has 0 saturated carbocycles. The Balaban J connectivity index is 1.56. The highest BCUT2D eigenvalue weighted by Gasteiger charge is 2.24. The maximum Gasteiger partial charge on any atom is 0.331 e. The second kappa shape index (κ2) is 9.65. The van der Waals surface area contributed by atoms with Gasteiger partial charge in [0.05, 0.1) is 18.2 Å². The van der Waals surface area contributed by atoms with Crippen LogP contribution >= 0.6 is 11.8 Å². The van der Waals surface area contributed by atoms with Crippen LogP contribution in [0.3, 0.4) is 0 Å². The van der Waals surface area contributed by atoms with Gasteiger partial charge < -0.3 is 9.47 Å². The number of ether oxygens (including phenoxy) is 2. The minimum absolute atomic E-state index is 0.131. The molecule has 0 aliphatic carbocycles. The van der Waals surface area contributed by atoms with Crippen LogP contribution < -0.4 is 10.1 Å². The molecular weight excluding hydrogens is 397 g/mol. The van der Waals surface area contributed by atoms with Gasteiger partial charge in [-0.15, -0.1) is 5.10 Å². The van der Waals surface area contributed by atoms with Crippen LogP contribution in [-0.4, -0.2) is 30.4 Å². The molecule has 3 rings (SSSR count). The van der Waals surface area contributed by atoms with E-state index in [4.69, 9.17) is 4.74 Å². The number of amides is 1. The second-order valence-electron chi connectivity index (χ2n) is 5.69. The van der Waals surface area contributed by atoms with Gasteiger partial charge in [-0.1, -0.05) is 18.2 Å². The molecule has 0 aromatic heterocycles. The van der Waals surface area contributed by atoms with Crippen molar-refractivity contribution in [3.05, 3.63) is 76.5 Å². The zero-order valence-electron chi connectivity index (χ0n) is 15.3. The van der Waals surface area contributed by atoms with Crippen molar-refractivity contribution in [2.24, 2.45) is 10.2 Å². The van der Waals surface area contributed by atoms with E-state index in [-0.39, 0.29) is 22.5 Å². The Morgan fingerprint density at radius 2 is 1.97 bits per heavy atom. The van der Waals surface area contributed by atoms with Gasteiger partial charge in [0.2, 0.25) is 0 Å². The fourth-order valence-corrected chi connectivity index (χ4v) is 2.95. The van der Waals surface area contributed by atoms with E-state index in [1.165, 1.54) is 19.4 Å². The number of benzene rings is 2. The Bertz CT molecular complexity index is 1000. The summed E-state index contributed by atoms with van der Waals surface area (Å²) in [6, 6.07) is 13.4. The summed E-state index contributed by atoms with van der Waals surface area (Å²) in [5, 5.41) is 10.6. The van der Waals surface area contributed by atoms with Crippen molar-refractivity contribution < 1.29 is 23.5 Å². The van der Waals surface area contributed by atoms with E-state index < -0.39 is 11.9 Å². The first-order valence-electron chi connectivity index (χ1n) is 8.41. The van der Waals surface area contributed by atoms with E-state index in [1.54, 1.807) is 42.5 Å². The lowest BCUT2D eigenvalue weighted by Gasteiger charge is -2.07. The Morgan fingerprint density at radius 3 is 2.69 bits per heavy atom. The van der Waals surface area contributed by atoms with Crippen molar-refractivity contribution >= 4 is 35.0 Å². The molecule has 0 spiro atoms. The van der Waals surface area contributed by atoms with Crippen LogP contribution in [0.25, 0.3) is 0 Å². The normalized spacial score (nSPS) is 16.4. The first-order chi connectivity index (χ1) is 14.0. The minimum atomic E-state index is -0.621. The molecule has 1 amide bonds. The molecule has 7 nitrogen and oxygen atoms in total. The van der Waals surface area contributed by atoms with Crippen LogP contribution in [0.5, 0.6) is 5.75 Å². The molecular formula is C20H16FN3O4S. The summed E-state index contributed by atoms with van der Waals surface area (Å²) in [4.78, 5) is 23.1. The van der Waals surface area contributed by atoms with Crippen molar-refractivity contribution in [3.63, 3.8) is 0 Å². The number of hydrogen-bond acceptors (Lipinski definition) is 7. The maximum atomic E-state index is 13.6. The van der Waals surface area contributed by atoms with Crippen LogP contribution in [-0.2, 0) is 20.9 Å². The van der Waals surface area contributed by atoms with Crippen LogP contribution in [0.15, 0.2) is 69.7 Å². The van der Waals surface area contributed by atoms with E-state index in [0.29, 0.717) is 11.3 Å². The summed E-state index contributed by atoms with van der Waals surface area (Å²) in [5.74, 6) is -0.778. The van der Waals surface area contributed by atoms with Crippen molar-refractivity contribution in [2.75, 3.05) is 7.11 Å². The van der Waals surface area contributed by atoms with E-state index in [9.17, 15) is 14.0 Å². The van der Waals surface area contributed by atoms with Crippen LogP contribution in [0.1, 0.15) is 11.1 Å². The van der Waals surface area contributed by atoms with Gasteiger partial charge in [0.25, 0.3) is 5.91 Å². The number of rotatable bonds is 6. The number of methoxy groups -OCH3 is 1. The lowest BCUT2D eigenvalue weighted by molar-refractivity contribution is -0.135. The molecule has 2 aromatic carbocycles. The highest BCUT2D eigenvalue weighted by atomic mass is 32.2. The number of nitrogens with zero attached hydrogens (tertiary/aromatic N) is 2. The van der Waals surface area contributed by atoms with Crippen LogP contribution in [0.2, 0.25) is 0 Å². The smallest absolute Gasteiger partial charge is 0.331 e. The van der Waals surface area contributed by atoms with Gasteiger partial charge in [0, 0.05) is 11.6 Å². The third-order valence-electron chi connectivity index (χ3n) is 3.69. The molecule has 1 heterocycles. The van der Waals surface area contributed by atoms with Crippen molar-refractivity contribution in [2.45, 2.75) is 6.61 Å². The summed E-state index contributed by atoms with van der Waals surface area (Å²) in [6.07, 6.45) is 2.59. The molecule has 29 heavy (non-hydrogen) atoms. The van der Waals surface area contributed by atoms with E-state index in [1.807, 2.05) is 0 Å².